The lowest BCUT2D eigenvalue weighted by atomic mass is 10.0. The molecule has 1 atom stereocenters. The Labute approximate surface area is 178 Å². The van der Waals surface area contributed by atoms with Crippen molar-refractivity contribution in [3.63, 3.8) is 0 Å². The second kappa shape index (κ2) is 5.81. The van der Waals surface area contributed by atoms with Gasteiger partial charge in [0.1, 0.15) is 11.9 Å². The first-order valence-corrected chi connectivity index (χ1v) is 10.3. The largest absolute Gasteiger partial charge is 0.417 e. The maximum absolute atomic E-state index is 13.3. The zero-order chi connectivity index (χ0) is 21.5. The molecule has 0 spiro atoms. The molecule has 2 fully saturated rings. The van der Waals surface area contributed by atoms with Crippen LogP contribution in [0.1, 0.15) is 46.5 Å². The van der Waals surface area contributed by atoms with E-state index in [1.165, 1.54) is 0 Å². The highest BCUT2D eigenvalue weighted by Crippen LogP contribution is 2.88. The molecule has 1 N–H and O–H groups in total. The van der Waals surface area contributed by atoms with Crippen LogP contribution in [0.5, 0.6) is 0 Å². The smallest absolute Gasteiger partial charge is 0.309 e. The molecular weight excluding hydrogens is 396 g/mol. The summed E-state index contributed by atoms with van der Waals surface area (Å²) in [5, 5.41) is 10.8. The number of anilines is 1. The van der Waals surface area contributed by atoms with E-state index in [4.69, 9.17) is 4.42 Å². The molecule has 9 heteroatoms. The monoisotopic (exact) mass is 418 g/mol. The Morgan fingerprint density at radius 2 is 1.97 bits per heavy atom. The van der Waals surface area contributed by atoms with Gasteiger partial charge in [0.15, 0.2) is 5.82 Å². The first-order valence-electron chi connectivity index (χ1n) is 10.3. The van der Waals surface area contributed by atoms with E-state index in [2.05, 4.69) is 25.1 Å². The van der Waals surface area contributed by atoms with Gasteiger partial charge in [0.2, 0.25) is 5.89 Å². The van der Waals surface area contributed by atoms with E-state index in [1.54, 1.807) is 11.9 Å². The number of carbonyl (C=O) groups excluding carboxylic acids is 2. The lowest BCUT2D eigenvalue weighted by Gasteiger charge is -2.25. The van der Waals surface area contributed by atoms with Crippen LogP contribution in [0.3, 0.4) is 0 Å². The third kappa shape index (κ3) is 2.34. The highest BCUT2D eigenvalue weighted by molar-refractivity contribution is 6.04. The second-order valence-electron chi connectivity index (χ2n) is 8.95. The summed E-state index contributed by atoms with van der Waals surface area (Å²) in [6.07, 6.45) is 2.19. The minimum absolute atomic E-state index is 0.0793. The van der Waals surface area contributed by atoms with Crippen LogP contribution in [0.2, 0.25) is 0 Å². The number of imidazole rings is 1. The average molecular weight is 418 g/mol. The number of hydrogen-bond acceptors (Lipinski definition) is 6. The second-order valence-corrected chi connectivity index (χ2v) is 8.95. The van der Waals surface area contributed by atoms with Crippen LogP contribution in [0.25, 0.3) is 0 Å². The van der Waals surface area contributed by atoms with Crippen molar-refractivity contribution in [2.24, 2.45) is 12.5 Å². The number of benzene rings is 1. The van der Waals surface area contributed by atoms with E-state index in [0.29, 0.717) is 18.1 Å². The molecule has 9 nitrogen and oxygen atoms in total. The molecule has 3 heterocycles. The molecule has 0 unspecified atom stereocenters. The molecule has 0 saturated heterocycles. The molecule has 3 aliphatic rings. The van der Waals surface area contributed by atoms with Gasteiger partial charge in [-0.1, -0.05) is 30.3 Å². The Hall–Kier alpha value is -3.49. The van der Waals surface area contributed by atoms with Crippen molar-refractivity contribution < 1.29 is 14.0 Å². The predicted molar refractivity (Wildman–Crippen MR) is 110 cm³/mol. The van der Waals surface area contributed by atoms with Gasteiger partial charge >= 0.3 is 11.8 Å². The van der Waals surface area contributed by atoms with Gasteiger partial charge in [-0.15, -0.1) is 10.2 Å². The fourth-order valence-corrected chi connectivity index (χ4v) is 5.30. The molecule has 31 heavy (non-hydrogen) atoms. The van der Waals surface area contributed by atoms with E-state index >= 15 is 0 Å². The van der Waals surface area contributed by atoms with Gasteiger partial charge in [0.25, 0.3) is 5.91 Å². The standard InChI is InChI=1S/C22H22N6O3/c1-12-23-17-16(27(12)2)22-10-21(22,11-22)15(20(30)28(17)3)24-18(29)19-26-25-14(31-19)9-13-7-5-4-6-8-13/h4-8,15H,9-11H2,1-3H3,(H,24,29)/t15-,21?,22?/m1/s1. The maximum Gasteiger partial charge on any atom is 0.309 e. The van der Waals surface area contributed by atoms with Crippen molar-refractivity contribution in [3.8, 4) is 0 Å². The topological polar surface area (TPSA) is 106 Å². The summed E-state index contributed by atoms with van der Waals surface area (Å²) in [5.41, 5.74) is 1.79. The number of fused-ring (bicyclic) bond motifs is 1. The van der Waals surface area contributed by atoms with E-state index < -0.39 is 11.9 Å². The zero-order valence-corrected chi connectivity index (χ0v) is 17.5. The molecule has 1 aromatic carbocycles. The minimum atomic E-state index is -0.635. The van der Waals surface area contributed by atoms with Gasteiger partial charge in [-0.2, -0.15) is 0 Å². The molecule has 2 aliphatic carbocycles. The van der Waals surface area contributed by atoms with Gasteiger partial charge < -0.3 is 14.3 Å². The van der Waals surface area contributed by atoms with Gasteiger partial charge in [-0.25, -0.2) is 4.98 Å². The summed E-state index contributed by atoms with van der Waals surface area (Å²) >= 11 is 0. The van der Waals surface area contributed by atoms with Gasteiger partial charge in [0.05, 0.1) is 12.1 Å². The molecule has 3 aromatic rings. The Kier molecular flexibility index (Phi) is 3.43. The average Bonchev–Trinajstić information content (AvgIpc) is 3.44. The fourth-order valence-electron chi connectivity index (χ4n) is 5.30. The fraction of sp³-hybridized carbons (Fsp3) is 0.409. The van der Waals surface area contributed by atoms with Crippen molar-refractivity contribution in [3.05, 3.63) is 59.2 Å². The minimum Gasteiger partial charge on any atom is -0.417 e. The van der Waals surface area contributed by atoms with Crippen molar-refractivity contribution >= 4 is 17.6 Å². The summed E-state index contributed by atoms with van der Waals surface area (Å²) < 4.78 is 7.66. The number of aromatic nitrogens is 4. The van der Waals surface area contributed by atoms with E-state index in [-0.39, 0.29) is 22.6 Å². The molecule has 0 radical (unpaired) electrons. The van der Waals surface area contributed by atoms with Crippen molar-refractivity contribution in [1.82, 2.24) is 25.1 Å². The molecule has 6 rings (SSSR count). The highest BCUT2D eigenvalue weighted by Gasteiger charge is 2.90. The first kappa shape index (κ1) is 18.3. The summed E-state index contributed by atoms with van der Waals surface area (Å²) in [6, 6.07) is 9.06. The lowest BCUT2D eigenvalue weighted by molar-refractivity contribution is -0.121. The maximum atomic E-state index is 13.3. The third-order valence-corrected chi connectivity index (χ3v) is 7.27. The number of rotatable bonds is 4. The van der Waals surface area contributed by atoms with Crippen molar-refractivity contribution in [1.29, 1.82) is 0 Å². The number of nitrogens with zero attached hydrogens (tertiary/aromatic N) is 5. The Bertz CT molecular complexity index is 1240. The molecule has 158 valence electrons. The molecule has 2 aromatic heterocycles. The summed E-state index contributed by atoms with van der Waals surface area (Å²) in [6.45, 7) is 1.94. The zero-order valence-electron chi connectivity index (χ0n) is 17.5. The van der Waals surface area contributed by atoms with Crippen molar-refractivity contribution in [2.45, 2.75) is 37.6 Å². The Morgan fingerprint density at radius 3 is 2.71 bits per heavy atom. The van der Waals surface area contributed by atoms with Crippen LogP contribution in [0.4, 0.5) is 5.82 Å². The molecule has 1 aliphatic heterocycles. The lowest BCUT2D eigenvalue weighted by Crippen LogP contribution is -2.50. The first-order chi connectivity index (χ1) is 14.9. The van der Waals surface area contributed by atoms with Crippen LogP contribution in [-0.2, 0) is 23.7 Å². The quantitative estimate of drug-likeness (QED) is 0.688. The molecule has 2 saturated carbocycles. The number of hydrogen-bond donors (Lipinski definition) is 1. The predicted octanol–water partition coefficient (Wildman–Crippen LogP) is 1.51. The SMILES string of the molecule is Cc1nc2c(n1C)C13CC1(C3)[C@H](NC(=O)c1nnc(Cc3ccccc3)o1)C(=O)N2C. The molecule has 2 amide bonds. The number of carbonyl (C=O) groups is 2. The van der Waals surface area contributed by atoms with Crippen LogP contribution in [0, 0.1) is 12.3 Å². The van der Waals surface area contributed by atoms with E-state index in [1.807, 2.05) is 44.3 Å². The van der Waals surface area contributed by atoms with Gasteiger partial charge in [0, 0.05) is 24.9 Å². The van der Waals surface area contributed by atoms with Gasteiger partial charge in [-0.05, 0) is 25.3 Å². The normalized spacial score (nSPS) is 27.8. The van der Waals surface area contributed by atoms with Crippen molar-refractivity contribution in [2.75, 3.05) is 11.9 Å². The third-order valence-electron chi connectivity index (χ3n) is 7.27. The van der Waals surface area contributed by atoms with Crippen LogP contribution >= 0.6 is 0 Å². The van der Waals surface area contributed by atoms with Crippen LogP contribution < -0.4 is 10.2 Å². The molecular formula is C22H22N6O3. The van der Waals surface area contributed by atoms with E-state index in [0.717, 1.165) is 29.9 Å². The molecule has 0 bridgehead atoms. The summed E-state index contributed by atoms with van der Waals surface area (Å²) in [4.78, 5) is 32.4. The number of likely N-dealkylation sites (N-methyl/N-ethyl adjacent to an activating group) is 1. The Morgan fingerprint density at radius 1 is 1.23 bits per heavy atom. The van der Waals surface area contributed by atoms with Crippen LogP contribution in [-0.4, -0.2) is 44.7 Å². The summed E-state index contributed by atoms with van der Waals surface area (Å²) in [5.74, 6) is 1.14. The highest BCUT2D eigenvalue weighted by atomic mass is 16.4. The van der Waals surface area contributed by atoms with Crippen LogP contribution in [0.15, 0.2) is 34.7 Å². The van der Waals surface area contributed by atoms with Gasteiger partial charge in [-0.3, -0.25) is 14.5 Å². The number of nitrogens with one attached hydrogen (secondary N) is 1. The summed E-state index contributed by atoms with van der Waals surface area (Å²) in [7, 11) is 3.70. The number of amides is 2. The Balaban J connectivity index is 1.25. The number of aryl methyl sites for hydroxylation is 1. The van der Waals surface area contributed by atoms with E-state index in [9.17, 15) is 9.59 Å².